The number of fused-ring (bicyclic) bond motifs is 1. The van der Waals surface area contributed by atoms with Crippen molar-refractivity contribution in [1.29, 1.82) is 5.26 Å². The van der Waals surface area contributed by atoms with Crippen molar-refractivity contribution in [3.05, 3.63) is 100 Å². The van der Waals surface area contributed by atoms with Gasteiger partial charge in [-0.3, -0.25) is 0 Å². The number of ether oxygens (including phenoxy) is 3. The third-order valence-corrected chi connectivity index (χ3v) is 6.60. The first kappa shape index (κ1) is 26.8. The molecular formula is C32H34N2O4. The number of nitrogens with two attached hydrogens (primary N) is 1. The number of carbonyl (C=O) groups excluding carboxylic acids is 1. The Balaban J connectivity index is 1.58. The summed E-state index contributed by atoms with van der Waals surface area (Å²) in [6.07, 6.45) is 3.22. The highest BCUT2D eigenvalue weighted by Gasteiger charge is 2.31. The fraction of sp³-hybridized carbons (Fsp3) is 0.312. The molecule has 0 saturated heterocycles. The van der Waals surface area contributed by atoms with Crippen LogP contribution in [0, 0.1) is 11.3 Å². The van der Waals surface area contributed by atoms with Crippen molar-refractivity contribution in [1.82, 2.24) is 0 Å². The lowest BCUT2D eigenvalue weighted by atomic mass is 9.83. The summed E-state index contributed by atoms with van der Waals surface area (Å²) >= 11 is 0. The van der Waals surface area contributed by atoms with Gasteiger partial charge >= 0.3 is 5.97 Å². The van der Waals surface area contributed by atoms with E-state index in [-0.39, 0.29) is 11.3 Å². The Kier molecular flexibility index (Phi) is 8.07. The van der Waals surface area contributed by atoms with Gasteiger partial charge in [-0.2, -0.15) is 5.26 Å². The second-order valence-electron chi connectivity index (χ2n) is 10.5. The van der Waals surface area contributed by atoms with Gasteiger partial charge in [-0.25, -0.2) is 4.79 Å². The first-order valence-corrected chi connectivity index (χ1v) is 13.0. The van der Waals surface area contributed by atoms with Crippen molar-refractivity contribution < 1.29 is 19.0 Å². The van der Waals surface area contributed by atoms with E-state index in [1.165, 1.54) is 0 Å². The number of carbonyl (C=O) groups is 1. The van der Waals surface area contributed by atoms with Crippen LogP contribution in [0.2, 0.25) is 0 Å². The molecule has 6 nitrogen and oxygen atoms in total. The molecule has 0 amide bonds. The maximum atomic E-state index is 12.8. The van der Waals surface area contributed by atoms with E-state index in [0.717, 1.165) is 41.7 Å². The first-order chi connectivity index (χ1) is 18.2. The summed E-state index contributed by atoms with van der Waals surface area (Å²) < 4.78 is 17.4. The minimum atomic E-state index is -0.466. The van der Waals surface area contributed by atoms with Crippen LogP contribution in [0.5, 0.6) is 17.2 Å². The van der Waals surface area contributed by atoms with Gasteiger partial charge in [0, 0.05) is 11.6 Å². The van der Waals surface area contributed by atoms with Crippen LogP contribution >= 0.6 is 0 Å². The number of allylic oxidation sites excluding steroid dienone is 1. The summed E-state index contributed by atoms with van der Waals surface area (Å²) in [7, 11) is 0. The lowest BCUT2D eigenvalue weighted by molar-refractivity contribution is 0.0734. The largest absolute Gasteiger partial charge is 0.494 e. The van der Waals surface area contributed by atoms with Crippen LogP contribution < -0.4 is 19.9 Å². The van der Waals surface area contributed by atoms with Gasteiger partial charge < -0.3 is 19.9 Å². The number of rotatable bonds is 8. The Morgan fingerprint density at radius 2 is 1.79 bits per heavy atom. The molecule has 0 aliphatic carbocycles. The van der Waals surface area contributed by atoms with Crippen LogP contribution in [0.4, 0.5) is 0 Å². The van der Waals surface area contributed by atoms with Crippen LogP contribution in [0.15, 0.2) is 78.2 Å². The standard InChI is InChI=1S/C32H34N2O4/c1-5-6-7-17-36-24-10-8-9-22(18-24)29-26-16-15-25(19-28(26)38-30(34)27(29)20-33)37-31(35)21-11-13-23(14-12-21)32(2,3)4/h8-16,18-19,29H,5-7,17,34H2,1-4H3. The Labute approximate surface area is 224 Å². The minimum Gasteiger partial charge on any atom is -0.494 e. The molecule has 1 heterocycles. The SMILES string of the molecule is CCCCCOc1cccc(C2C(C#N)=C(N)Oc3cc(OC(=O)c4ccc(C(C)(C)C)cc4)ccc32)c1. The Bertz CT molecular complexity index is 1380. The summed E-state index contributed by atoms with van der Waals surface area (Å²) in [6, 6.07) is 22.5. The molecule has 1 aliphatic heterocycles. The van der Waals surface area contributed by atoms with Gasteiger partial charge in [-0.15, -0.1) is 0 Å². The average molecular weight is 511 g/mol. The van der Waals surface area contributed by atoms with Crippen LogP contribution in [-0.2, 0) is 5.41 Å². The fourth-order valence-corrected chi connectivity index (χ4v) is 4.44. The molecule has 0 radical (unpaired) electrons. The van der Waals surface area contributed by atoms with Crippen molar-refractivity contribution in [3.63, 3.8) is 0 Å². The number of hydrogen-bond acceptors (Lipinski definition) is 6. The summed E-state index contributed by atoms with van der Waals surface area (Å²) in [5, 5.41) is 9.89. The highest BCUT2D eigenvalue weighted by Crippen LogP contribution is 2.44. The predicted molar refractivity (Wildman–Crippen MR) is 147 cm³/mol. The number of hydrogen-bond donors (Lipinski definition) is 1. The zero-order chi connectivity index (χ0) is 27.3. The normalized spacial score (nSPS) is 14.8. The lowest BCUT2D eigenvalue weighted by Crippen LogP contribution is -2.21. The van der Waals surface area contributed by atoms with E-state index in [0.29, 0.717) is 29.2 Å². The number of unbranched alkanes of at least 4 members (excludes halogenated alkanes) is 2. The van der Waals surface area contributed by atoms with Gasteiger partial charge in [0.15, 0.2) is 0 Å². The van der Waals surface area contributed by atoms with Gasteiger partial charge in [-0.1, -0.05) is 70.9 Å². The van der Waals surface area contributed by atoms with E-state index in [1.54, 1.807) is 24.3 Å². The molecule has 1 aliphatic rings. The van der Waals surface area contributed by atoms with Crippen molar-refractivity contribution in [2.45, 2.75) is 58.3 Å². The minimum absolute atomic E-state index is 0.00870. The van der Waals surface area contributed by atoms with Gasteiger partial charge in [0.1, 0.15) is 28.9 Å². The molecule has 3 aromatic rings. The van der Waals surface area contributed by atoms with Crippen molar-refractivity contribution in [3.8, 4) is 23.3 Å². The second kappa shape index (κ2) is 11.4. The first-order valence-electron chi connectivity index (χ1n) is 13.0. The molecule has 0 saturated carbocycles. The van der Waals surface area contributed by atoms with E-state index in [4.69, 9.17) is 19.9 Å². The molecule has 1 unspecified atom stereocenters. The zero-order valence-electron chi connectivity index (χ0n) is 22.4. The summed E-state index contributed by atoms with van der Waals surface area (Å²) in [5.41, 5.74) is 9.70. The molecular weight excluding hydrogens is 476 g/mol. The number of nitrogens with zero attached hydrogens (tertiary/aromatic N) is 1. The highest BCUT2D eigenvalue weighted by molar-refractivity contribution is 5.91. The maximum absolute atomic E-state index is 12.8. The number of nitriles is 1. The third kappa shape index (κ3) is 6.00. The summed E-state index contributed by atoms with van der Waals surface area (Å²) in [5.74, 6) is 0.637. The van der Waals surface area contributed by atoms with Crippen LogP contribution in [0.3, 0.4) is 0 Å². The molecule has 6 heteroatoms. The Hall–Kier alpha value is -4.24. The molecule has 0 aromatic heterocycles. The molecule has 4 rings (SSSR count). The molecule has 196 valence electrons. The Morgan fingerprint density at radius 1 is 1.03 bits per heavy atom. The van der Waals surface area contributed by atoms with Crippen molar-refractivity contribution in [2.24, 2.45) is 5.73 Å². The van der Waals surface area contributed by atoms with Crippen molar-refractivity contribution >= 4 is 5.97 Å². The summed E-state index contributed by atoms with van der Waals surface area (Å²) in [4.78, 5) is 12.8. The van der Waals surface area contributed by atoms with Crippen molar-refractivity contribution in [2.75, 3.05) is 6.61 Å². The zero-order valence-corrected chi connectivity index (χ0v) is 22.4. The smallest absolute Gasteiger partial charge is 0.343 e. The third-order valence-electron chi connectivity index (χ3n) is 6.60. The molecule has 0 spiro atoms. The second-order valence-corrected chi connectivity index (χ2v) is 10.5. The molecule has 2 N–H and O–H groups in total. The molecule has 3 aromatic carbocycles. The molecule has 0 bridgehead atoms. The quantitative estimate of drug-likeness (QED) is 0.199. The van der Waals surface area contributed by atoms with E-state index in [2.05, 4.69) is 33.8 Å². The predicted octanol–water partition coefficient (Wildman–Crippen LogP) is 6.99. The fourth-order valence-electron chi connectivity index (χ4n) is 4.44. The van der Waals surface area contributed by atoms with Crippen LogP contribution in [0.25, 0.3) is 0 Å². The van der Waals surface area contributed by atoms with Gasteiger partial charge in [0.2, 0.25) is 5.88 Å². The van der Waals surface area contributed by atoms with E-state index < -0.39 is 11.9 Å². The Morgan fingerprint density at radius 3 is 2.47 bits per heavy atom. The van der Waals surface area contributed by atoms with Gasteiger partial charge in [0.05, 0.1) is 18.1 Å². The van der Waals surface area contributed by atoms with E-state index in [1.807, 2.05) is 42.5 Å². The van der Waals surface area contributed by atoms with E-state index in [9.17, 15) is 10.1 Å². The molecule has 1 atom stereocenters. The van der Waals surface area contributed by atoms with Crippen LogP contribution in [-0.4, -0.2) is 12.6 Å². The van der Waals surface area contributed by atoms with Gasteiger partial charge in [0.25, 0.3) is 0 Å². The highest BCUT2D eigenvalue weighted by atomic mass is 16.5. The summed E-state index contributed by atoms with van der Waals surface area (Å²) in [6.45, 7) is 9.15. The van der Waals surface area contributed by atoms with Crippen LogP contribution in [0.1, 0.15) is 79.9 Å². The average Bonchev–Trinajstić information content (AvgIpc) is 2.90. The number of benzene rings is 3. The number of esters is 1. The van der Waals surface area contributed by atoms with Gasteiger partial charge in [-0.05, 0) is 53.3 Å². The topological polar surface area (TPSA) is 94.6 Å². The molecule has 38 heavy (non-hydrogen) atoms. The lowest BCUT2D eigenvalue weighted by Gasteiger charge is -2.27. The molecule has 0 fully saturated rings. The monoisotopic (exact) mass is 510 g/mol. The maximum Gasteiger partial charge on any atom is 0.343 e. The van der Waals surface area contributed by atoms with E-state index >= 15 is 0 Å².